The van der Waals surface area contributed by atoms with E-state index >= 15 is 0 Å². The minimum atomic E-state index is -3.64. The van der Waals surface area contributed by atoms with E-state index in [2.05, 4.69) is 9.71 Å². The minimum Gasteiger partial charge on any atom is -0.493 e. The fourth-order valence-electron chi connectivity index (χ4n) is 2.88. The average Bonchev–Trinajstić information content (AvgIpc) is 2.67. The van der Waals surface area contributed by atoms with Gasteiger partial charge in [-0.05, 0) is 30.2 Å². The maximum Gasteiger partial charge on any atom is 0.241 e. The Bertz CT molecular complexity index is 1010. The van der Waals surface area contributed by atoms with Crippen molar-refractivity contribution < 1.29 is 17.9 Å². The van der Waals surface area contributed by atoms with Crippen LogP contribution in [-0.2, 0) is 16.4 Å². The van der Waals surface area contributed by atoms with Gasteiger partial charge in [-0.15, -0.1) is 0 Å². The van der Waals surface area contributed by atoms with Gasteiger partial charge in [0.2, 0.25) is 10.0 Å². The summed E-state index contributed by atoms with van der Waals surface area (Å²) in [7, 11) is -0.508. The molecule has 1 N–H and O–H groups in total. The molecule has 0 spiro atoms. The fourth-order valence-corrected chi connectivity index (χ4v) is 4.13. The molecule has 26 heavy (non-hydrogen) atoms. The van der Waals surface area contributed by atoms with Crippen molar-refractivity contribution in [1.29, 1.82) is 0 Å². The second-order valence-electron chi connectivity index (χ2n) is 5.65. The molecule has 1 aromatic heterocycles. The van der Waals surface area contributed by atoms with Gasteiger partial charge in [0.15, 0.2) is 11.5 Å². The Hall–Kier alpha value is -2.64. The summed E-state index contributed by atoms with van der Waals surface area (Å²) in [6, 6.07) is 12.4. The van der Waals surface area contributed by atoms with E-state index in [0.29, 0.717) is 23.3 Å². The molecule has 3 rings (SSSR count). The number of hydrogen-bond donors (Lipinski definition) is 1. The van der Waals surface area contributed by atoms with Crippen molar-refractivity contribution >= 4 is 20.8 Å². The number of ether oxygens (including phenoxy) is 2. The minimum absolute atomic E-state index is 0.243. The maximum absolute atomic E-state index is 12.7. The molecule has 0 bridgehead atoms. The van der Waals surface area contributed by atoms with Gasteiger partial charge in [0.05, 0.1) is 19.1 Å². The molecule has 0 saturated heterocycles. The van der Waals surface area contributed by atoms with Gasteiger partial charge < -0.3 is 9.47 Å². The SMILES string of the molecule is COc1cccc(CCNS(=O)(=O)c2cccc3cnccc23)c1OC. The number of methoxy groups -OCH3 is 2. The third-order valence-corrected chi connectivity index (χ3v) is 5.62. The molecule has 3 aromatic rings. The first-order chi connectivity index (χ1) is 12.6. The van der Waals surface area contributed by atoms with Crippen molar-refractivity contribution in [3.63, 3.8) is 0 Å². The number of benzene rings is 2. The lowest BCUT2D eigenvalue weighted by Gasteiger charge is -2.13. The number of aromatic nitrogens is 1. The zero-order valence-corrected chi connectivity index (χ0v) is 15.4. The van der Waals surface area contributed by atoms with E-state index in [1.807, 2.05) is 18.2 Å². The summed E-state index contributed by atoms with van der Waals surface area (Å²) in [5.41, 5.74) is 0.872. The van der Waals surface area contributed by atoms with Crippen LogP contribution in [0.5, 0.6) is 11.5 Å². The van der Waals surface area contributed by atoms with Crippen LogP contribution >= 0.6 is 0 Å². The van der Waals surface area contributed by atoms with Gasteiger partial charge in [-0.1, -0.05) is 24.3 Å². The average molecular weight is 372 g/mol. The maximum atomic E-state index is 12.7. The van der Waals surface area contributed by atoms with Gasteiger partial charge in [-0.25, -0.2) is 13.1 Å². The van der Waals surface area contributed by atoms with Gasteiger partial charge in [0.1, 0.15) is 0 Å². The number of hydrogen-bond acceptors (Lipinski definition) is 5. The van der Waals surface area contributed by atoms with Gasteiger partial charge >= 0.3 is 0 Å². The first-order valence-electron chi connectivity index (χ1n) is 8.09. The molecule has 0 aliphatic carbocycles. The monoisotopic (exact) mass is 372 g/mol. The van der Waals surface area contributed by atoms with Crippen molar-refractivity contribution in [2.75, 3.05) is 20.8 Å². The van der Waals surface area contributed by atoms with Crippen molar-refractivity contribution in [3.05, 3.63) is 60.4 Å². The van der Waals surface area contributed by atoms with Crippen LogP contribution in [0.4, 0.5) is 0 Å². The molecule has 136 valence electrons. The van der Waals surface area contributed by atoms with E-state index in [1.165, 1.54) is 0 Å². The second-order valence-corrected chi connectivity index (χ2v) is 7.39. The standard InChI is InChI=1S/C19H20N2O4S/c1-24-17-7-3-5-14(19(17)25-2)9-12-21-26(22,23)18-8-4-6-15-13-20-11-10-16(15)18/h3-8,10-11,13,21H,9,12H2,1-2H3. The van der Waals surface area contributed by atoms with Crippen LogP contribution in [0.25, 0.3) is 10.8 Å². The van der Waals surface area contributed by atoms with Crippen molar-refractivity contribution in [3.8, 4) is 11.5 Å². The largest absolute Gasteiger partial charge is 0.493 e. The number of rotatable bonds is 7. The van der Waals surface area contributed by atoms with Crippen molar-refractivity contribution in [2.24, 2.45) is 0 Å². The summed E-state index contributed by atoms with van der Waals surface area (Å²) in [5.74, 6) is 1.24. The number of pyridine rings is 1. The quantitative estimate of drug-likeness (QED) is 0.690. The van der Waals surface area contributed by atoms with Crippen LogP contribution in [0.3, 0.4) is 0 Å². The summed E-state index contributed by atoms with van der Waals surface area (Å²) >= 11 is 0. The normalized spacial score (nSPS) is 11.5. The highest BCUT2D eigenvalue weighted by atomic mass is 32.2. The summed E-state index contributed by atoms with van der Waals surface area (Å²) in [6.45, 7) is 0.243. The number of fused-ring (bicyclic) bond motifs is 1. The topological polar surface area (TPSA) is 77.5 Å². The molecular weight excluding hydrogens is 352 g/mol. The van der Waals surface area contributed by atoms with Crippen LogP contribution in [0.15, 0.2) is 59.8 Å². The molecule has 0 unspecified atom stereocenters. The van der Waals surface area contributed by atoms with E-state index < -0.39 is 10.0 Å². The van der Waals surface area contributed by atoms with Crippen molar-refractivity contribution in [2.45, 2.75) is 11.3 Å². The summed E-state index contributed by atoms with van der Waals surface area (Å²) < 4.78 is 38.8. The molecule has 0 atom stereocenters. The third-order valence-electron chi connectivity index (χ3n) is 4.10. The van der Waals surface area contributed by atoms with Crippen LogP contribution in [0.1, 0.15) is 5.56 Å². The Morgan fingerprint density at radius 1 is 1.04 bits per heavy atom. The summed E-state index contributed by atoms with van der Waals surface area (Å²) in [4.78, 5) is 4.28. The van der Waals surface area contributed by atoms with Crippen LogP contribution < -0.4 is 14.2 Å². The van der Waals surface area contributed by atoms with E-state index in [4.69, 9.17) is 9.47 Å². The van der Waals surface area contributed by atoms with E-state index in [-0.39, 0.29) is 11.4 Å². The molecular formula is C19H20N2O4S. The lowest BCUT2D eigenvalue weighted by Crippen LogP contribution is -2.26. The number of nitrogens with one attached hydrogen (secondary N) is 1. The zero-order chi connectivity index (χ0) is 18.6. The first-order valence-corrected chi connectivity index (χ1v) is 9.57. The molecule has 2 aromatic carbocycles. The molecule has 6 nitrogen and oxygen atoms in total. The fraction of sp³-hybridized carbons (Fsp3) is 0.211. The van der Waals surface area contributed by atoms with E-state index in [9.17, 15) is 8.42 Å². The highest BCUT2D eigenvalue weighted by molar-refractivity contribution is 7.89. The molecule has 0 aliphatic heterocycles. The highest BCUT2D eigenvalue weighted by Crippen LogP contribution is 2.31. The molecule has 7 heteroatoms. The number of sulfonamides is 1. The first kappa shape index (κ1) is 18.2. The Morgan fingerprint density at radius 2 is 1.85 bits per heavy atom. The number of nitrogens with zero attached hydrogens (tertiary/aromatic N) is 1. The predicted molar refractivity (Wildman–Crippen MR) is 100 cm³/mol. The Kier molecular flexibility index (Phi) is 5.39. The molecule has 0 aliphatic rings. The van der Waals surface area contributed by atoms with Crippen LogP contribution in [0, 0.1) is 0 Å². The van der Waals surface area contributed by atoms with Gasteiger partial charge in [-0.3, -0.25) is 4.98 Å². The smallest absolute Gasteiger partial charge is 0.241 e. The van der Waals surface area contributed by atoms with E-state index in [0.717, 1.165) is 10.9 Å². The summed E-state index contributed by atoms with van der Waals surface area (Å²) in [6.07, 6.45) is 3.71. The molecule has 0 fully saturated rings. The molecule has 0 saturated carbocycles. The highest BCUT2D eigenvalue weighted by Gasteiger charge is 2.17. The Labute approximate surface area is 152 Å². The van der Waals surface area contributed by atoms with Gasteiger partial charge in [0.25, 0.3) is 0 Å². The molecule has 1 heterocycles. The number of para-hydroxylation sites is 1. The van der Waals surface area contributed by atoms with Crippen LogP contribution in [0.2, 0.25) is 0 Å². The lowest BCUT2D eigenvalue weighted by atomic mass is 10.1. The van der Waals surface area contributed by atoms with Crippen LogP contribution in [-0.4, -0.2) is 34.2 Å². The lowest BCUT2D eigenvalue weighted by molar-refractivity contribution is 0.351. The van der Waals surface area contributed by atoms with Gasteiger partial charge in [-0.2, -0.15) is 0 Å². The van der Waals surface area contributed by atoms with Gasteiger partial charge in [0, 0.05) is 29.7 Å². The zero-order valence-electron chi connectivity index (χ0n) is 14.6. The van der Waals surface area contributed by atoms with E-state index in [1.54, 1.807) is 50.9 Å². The Balaban J connectivity index is 1.79. The molecule has 0 amide bonds. The predicted octanol–water partition coefficient (Wildman–Crippen LogP) is 2.77. The second kappa shape index (κ2) is 7.72. The Morgan fingerprint density at radius 3 is 2.62 bits per heavy atom. The molecule has 0 radical (unpaired) electrons. The summed E-state index contributed by atoms with van der Waals surface area (Å²) in [5, 5.41) is 1.43. The third kappa shape index (κ3) is 3.63. The van der Waals surface area contributed by atoms with Crippen molar-refractivity contribution in [1.82, 2.24) is 9.71 Å².